The number of rotatable bonds is 3. The molecule has 0 spiro atoms. The number of hydrogen-bond acceptors (Lipinski definition) is 4. The van der Waals surface area contributed by atoms with Gasteiger partial charge in [0.15, 0.2) is 0 Å². The van der Waals surface area contributed by atoms with Crippen LogP contribution in [0.3, 0.4) is 0 Å². The number of nitriles is 1. The standard InChI is InChI=1S/C14H13N3O/c1-18-13-5-3-12(4-6-13)17-14-7-2-11(16)8-10(14)9-15/h2-8,17H,16H2,1H3. The first-order chi connectivity index (χ1) is 8.72. The van der Waals surface area contributed by atoms with Crippen LogP contribution in [0.2, 0.25) is 0 Å². The highest BCUT2D eigenvalue weighted by Crippen LogP contribution is 2.24. The molecule has 0 heterocycles. The van der Waals surface area contributed by atoms with E-state index in [2.05, 4.69) is 11.4 Å². The highest BCUT2D eigenvalue weighted by molar-refractivity contribution is 5.69. The molecule has 0 aliphatic heterocycles. The Labute approximate surface area is 106 Å². The quantitative estimate of drug-likeness (QED) is 0.808. The number of benzene rings is 2. The van der Waals surface area contributed by atoms with E-state index in [-0.39, 0.29) is 0 Å². The highest BCUT2D eigenvalue weighted by atomic mass is 16.5. The minimum absolute atomic E-state index is 0.519. The van der Waals surface area contributed by atoms with Gasteiger partial charge in [-0.25, -0.2) is 0 Å². The van der Waals surface area contributed by atoms with Crippen LogP contribution in [0.4, 0.5) is 17.1 Å². The summed E-state index contributed by atoms with van der Waals surface area (Å²) in [6.07, 6.45) is 0. The minimum Gasteiger partial charge on any atom is -0.497 e. The summed E-state index contributed by atoms with van der Waals surface area (Å²) in [5.41, 5.74) is 8.35. The van der Waals surface area contributed by atoms with Crippen LogP contribution in [-0.4, -0.2) is 7.11 Å². The number of nitrogen functional groups attached to an aromatic ring is 1. The first-order valence-electron chi connectivity index (χ1n) is 5.43. The van der Waals surface area contributed by atoms with Crippen molar-refractivity contribution in [2.75, 3.05) is 18.2 Å². The van der Waals surface area contributed by atoms with Gasteiger partial charge in [0.25, 0.3) is 0 Å². The van der Waals surface area contributed by atoms with Gasteiger partial charge in [-0.15, -0.1) is 0 Å². The summed E-state index contributed by atoms with van der Waals surface area (Å²) in [6, 6.07) is 14.8. The number of nitrogens with zero attached hydrogens (tertiary/aromatic N) is 1. The van der Waals surface area contributed by atoms with Gasteiger partial charge in [-0.1, -0.05) is 0 Å². The van der Waals surface area contributed by atoms with Crippen LogP contribution in [0.15, 0.2) is 42.5 Å². The molecule has 90 valence electrons. The van der Waals surface area contributed by atoms with E-state index in [1.54, 1.807) is 25.3 Å². The largest absolute Gasteiger partial charge is 0.497 e. The van der Waals surface area contributed by atoms with Crippen molar-refractivity contribution in [3.63, 3.8) is 0 Å². The molecule has 2 aromatic carbocycles. The van der Waals surface area contributed by atoms with E-state index in [0.717, 1.165) is 17.1 Å². The first kappa shape index (κ1) is 11.8. The molecule has 0 saturated heterocycles. The van der Waals surface area contributed by atoms with Crippen LogP contribution in [0.25, 0.3) is 0 Å². The first-order valence-corrected chi connectivity index (χ1v) is 5.43. The van der Waals surface area contributed by atoms with Gasteiger partial charge in [-0.05, 0) is 42.5 Å². The molecule has 0 bridgehead atoms. The van der Waals surface area contributed by atoms with E-state index in [1.165, 1.54) is 0 Å². The number of methoxy groups -OCH3 is 1. The Balaban J connectivity index is 2.25. The minimum atomic E-state index is 0.519. The van der Waals surface area contributed by atoms with Crippen molar-refractivity contribution in [2.24, 2.45) is 0 Å². The average molecular weight is 239 g/mol. The molecular weight excluding hydrogens is 226 g/mol. The third-order valence-electron chi connectivity index (χ3n) is 2.53. The molecule has 2 rings (SSSR count). The third-order valence-corrected chi connectivity index (χ3v) is 2.53. The third kappa shape index (κ3) is 2.53. The lowest BCUT2D eigenvalue weighted by atomic mass is 10.1. The van der Waals surface area contributed by atoms with Crippen molar-refractivity contribution in [3.8, 4) is 11.8 Å². The number of anilines is 3. The Hall–Kier alpha value is -2.67. The summed E-state index contributed by atoms with van der Waals surface area (Å²) in [6.45, 7) is 0. The van der Waals surface area contributed by atoms with Crippen molar-refractivity contribution >= 4 is 17.1 Å². The van der Waals surface area contributed by atoms with Crippen molar-refractivity contribution < 1.29 is 4.74 Å². The smallest absolute Gasteiger partial charge is 0.119 e. The summed E-state index contributed by atoms with van der Waals surface area (Å²) < 4.78 is 5.08. The molecule has 0 aromatic heterocycles. The fourth-order valence-electron chi connectivity index (χ4n) is 1.59. The zero-order valence-electron chi connectivity index (χ0n) is 9.97. The second kappa shape index (κ2) is 5.11. The summed E-state index contributed by atoms with van der Waals surface area (Å²) in [7, 11) is 1.62. The van der Waals surface area contributed by atoms with Crippen LogP contribution in [0, 0.1) is 11.3 Å². The van der Waals surface area contributed by atoms with E-state index in [9.17, 15) is 0 Å². The second-order valence-corrected chi connectivity index (χ2v) is 3.77. The SMILES string of the molecule is COc1ccc(Nc2ccc(N)cc2C#N)cc1. The predicted octanol–water partition coefficient (Wildman–Crippen LogP) is 2.89. The molecule has 4 heteroatoms. The maximum absolute atomic E-state index is 9.04. The number of nitrogens with one attached hydrogen (secondary N) is 1. The van der Waals surface area contributed by atoms with Gasteiger partial charge in [0.1, 0.15) is 11.8 Å². The van der Waals surface area contributed by atoms with Crippen molar-refractivity contribution in [2.45, 2.75) is 0 Å². The van der Waals surface area contributed by atoms with E-state index < -0.39 is 0 Å². The fraction of sp³-hybridized carbons (Fsp3) is 0.0714. The number of ether oxygens (including phenoxy) is 1. The summed E-state index contributed by atoms with van der Waals surface area (Å²) in [5, 5.41) is 12.2. The molecular formula is C14H13N3O. The van der Waals surface area contributed by atoms with E-state index in [0.29, 0.717) is 11.3 Å². The maximum Gasteiger partial charge on any atom is 0.119 e. The Morgan fingerprint density at radius 3 is 2.50 bits per heavy atom. The number of hydrogen-bond donors (Lipinski definition) is 2. The molecule has 0 saturated carbocycles. The van der Waals surface area contributed by atoms with Gasteiger partial charge in [0.2, 0.25) is 0 Å². The molecule has 0 radical (unpaired) electrons. The fourth-order valence-corrected chi connectivity index (χ4v) is 1.59. The zero-order valence-corrected chi connectivity index (χ0v) is 9.97. The Kier molecular flexibility index (Phi) is 3.35. The maximum atomic E-state index is 9.04. The summed E-state index contributed by atoms with van der Waals surface area (Å²) in [5.74, 6) is 0.790. The van der Waals surface area contributed by atoms with E-state index in [1.807, 2.05) is 24.3 Å². The molecule has 0 unspecified atom stereocenters. The van der Waals surface area contributed by atoms with E-state index >= 15 is 0 Å². The Bertz CT molecular complexity index is 585. The molecule has 0 fully saturated rings. The lowest BCUT2D eigenvalue weighted by Gasteiger charge is -2.09. The monoisotopic (exact) mass is 239 g/mol. The van der Waals surface area contributed by atoms with Gasteiger partial charge in [0, 0.05) is 11.4 Å². The van der Waals surface area contributed by atoms with Crippen LogP contribution >= 0.6 is 0 Å². The normalized spacial score (nSPS) is 9.56. The molecule has 0 amide bonds. The van der Waals surface area contributed by atoms with E-state index in [4.69, 9.17) is 15.7 Å². The van der Waals surface area contributed by atoms with Gasteiger partial charge in [0.05, 0.1) is 18.4 Å². The molecule has 0 aliphatic rings. The van der Waals surface area contributed by atoms with Gasteiger partial charge in [-0.3, -0.25) is 0 Å². The average Bonchev–Trinajstić information content (AvgIpc) is 2.41. The van der Waals surface area contributed by atoms with Gasteiger partial charge < -0.3 is 15.8 Å². The van der Waals surface area contributed by atoms with Crippen LogP contribution < -0.4 is 15.8 Å². The summed E-state index contributed by atoms with van der Waals surface area (Å²) >= 11 is 0. The molecule has 0 atom stereocenters. The van der Waals surface area contributed by atoms with Gasteiger partial charge in [-0.2, -0.15) is 5.26 Å². The predicted molar refractivity (Wildman–Crippen MR) is 71.8 cm³/mol. The zero-order chi connectivity index (χ0) is 13.0. The molecule has 18 heavy (non-hydrogen) atoms. The lowest BCUT2D eigenvalue weighted by Crippen LogP contribution is -1.95. The molecule has 0 aliphatic carbocycles. The van der Waals surface area contributed by atoms with Crippen LogP contribution in [0.1, 0.15) is 5.56 Å². The molecule has 4 nitrogen and oxygen atoms in total. The van der Waals surface area contributed by atoms with Crippen molar-refractivity contribution in [1.29, 1.82) is 5.26 Å². The topological polar surface area (TPSA) is 71.1 Å². The Morgan fingerprint density at radius 2 is 1.89 bits per heavy atom. The van der Waals surface area contributed by atoms with Gasteiger partial charge >= 0.3 is 0 Å². The highest BCUT2D eigenvalue weighted by Gasteiger charge is 2.03. The van der Waals surface area contributed by atoms with Crippen molar-refractivity contribution in [1.82, 2.24) is 0 Å². The molecule has 2 aromatic rings. The van der Waals surface area contributed by atoms with Crippen LogP contribution in [0.5, 0.6) is 5.75 Å². The molecule has 3 N–H and O–H groups in total. The van der Waals surface area contributed by atoms with Crippen LogP contribution in [-0.2, 0) is 0 Å². The number of nitrogens with two attached hydrogens (primary N) is 1. The Morgan fingerprint density at radius 1 is 1.17 bits per heavy atom. The lowest BCUT2D eigenvalue weighted by molar-refractivity contribution is 0.415. The summed E-state index contributed by atoms with van der Waals surface area (Å²) in [4.78, 5) is 0. The van der Waals surface area contributed by atoms with Crippen molar-refractivity contribution in [3.05, 3.63) is 48.0 Å². The second-order valence-electron chi connectivity index (χ2n) is 3.77.